The van der Waals surface area contributed by atoms with Crippen LogP contribution in [0.2, 0.25) is 0 Å². The molecule has 1 aliphatic heterocycles. The highest BCUT2D eigenvalue weighted by Crippen LogP contribution is 2.23. The van der Waals surface area contributed by atoms with Gasteiger partial charge in [-0.05, 0) is 25.0 Å². The minimum Gasteiger partial charge on any atom is -0.493 e. The van der Waals surface area contributed by atoms with Gasteiger partial charge in [0, 0.05) is 32.2 Å². The number of rotatable bonds is 5. The minimum atomic E-state index is 0.226. The SMILES string of the molecule is O=C(CCOc1ccccc1)N1CCN(C2CCCCC2)CC1. The quantitative estimate of drug-likeness (QED) is 0.837. The molecule has 4 heteroatoms. The number of hydrogen-bond acceptors (Lipinski definition) is 3. The molecule has 1 saturated carbocycles. The third kappa shape index (κ3) is 4.71. The summed E-state index contributed by atoms with van der Waals surface area (Å²) in [6, 6.07) is 10.5. The van der Waals surface area contributed by atoms with Crippen molar-refractivity contribution in [1.82, 2.24) is 9.80 Å². The van der Waals surface area contributed by atoms with Crippen molar-refractivity contribution >= 4 is 5.91 Å². The molecule has 0 bridgehead atoms. The molecule has 0 atom stereocenters. The van der Waals surface area contributed by atoms with E-state index in [9.17, 15) is 4.79 Å². The zero-order valence-corrected chi connectivity index (χ0v) is 14.0. The van der Waals surface area contributed by atoms with Crippen molar-refractivity contribution in [2.75, 3.05) is 32.8 Å². The molecule has 1 saturated heterocycles. The lowest BCUT2D eigenvalue weighted by Crippen LogP contribution is -2.52. The van der Waals surface area contributed by atoms with Crippen LogP contribution < -0.4 is 4.74 Å². The number of amides is 1. The summed E-state index contributed by atoms with van der Waals surface area (Å²) in [5.41, 5.74) is 0. The molecule has 1 aromatic carbocycles. The van der Waals surface area contributed by atoms with Crippen LogP contribution in [0.25, 0.3) is 0 Å². The van der Waals surface area contributed by atoms with Crippen molar-refractivity contribution < 1.29 is 9.53 Å². The number of piperazine rings is 1. The standard InChI is InChI=1S/C19H28N2O2/c22-19(11-16-23-18-9-5-2-6-10-18)21-14-12-20(13-15-21)17-7-3-1-4-8-17/h2,5-6,9-10,17H,1,3-4,7-8,11-16H2. The van der Waals surface area contributed by atoms with E-state index in [1.54, 1.807) is 0 Å². The van der Waals surface area contributed by atoms with Gasteiger partial charge in [-0.25, -0.2) is 0 Å². The number of carbonyl (C=O) groups excluding carboxylic acids is 1. The highest BCUT2D eigenvalue weighted by atomic mass is 16.5. The fourth-order valence-electron chi connectivity index (χ4n) is 3.71. The number of ether oxygens (including phenoxy) is 1. The van der Waals surface area contributed by atoms with Gasteiger partial charge < -0.3 is 9.64 Å². The number of nitrogens with zero attached hydrogens (tertiary/aromatic N) is 2. The molecule has 0 radical (unpaired) electrons. The summed E-state index contributed by atoms with van der Waals surface area (Å²) in [5.74, 6) is 1.06. The molecule has 0 N–H and O–H groups in total. The maximum atomic E-state index is 12.3. The van der Waals surface area contributed by atoms with Crippen LogP contribution in [0.4, 0.5) is 0 Å². The maximum absolute atomic E-state index is 12.3. The van der Waals surface area contributed by atoms with Gasteiger partial charge in [-0.1, -0.05) is 37.5 Å². The third-order valence-electron chi connectivity index (χ3n) is 5.09. The Morgan fingerprint density at radius 3 is 2.39 bits per heavy atom. The first kappa shape index (κ1) is 16.3. The molecule has 0 spiro atoms. The summed E-state index contributed by atoms with van der Waals surface area (Å²) < 4.78 is 5.63. The van der Waals surface area contributed by atoms with Crippen molar-refractivity contribution in [3.05, 3.63) is 30.3 Å². The Hall–Kier alpha value is -1.55. The zero-order chi connectivity index (χ0) is 15.9. The average molecular weight is 316 g/mol. The van der Waals surface area contributed by atoms with Crippen molar-refractivity contribution in [3.8, 4) is 5.75 Å². The Balaban J connectivity index is 1.36. The van der Waals surface area contributed by atoms with Gasteiger partial charge in [0.25, 0.3) is 0 Å². The van der Waals surface area contributed by atoms with Crippen LogP contribution in [-0.2, 0) is 4.79 Å². The van der Waals surface area contributed by atoms with Gasteiger partial charge in [-0.3, -0.25) is 9.69 Å². The Kier molecular flexibility index (Phi) is 5.92. The topological polar surface area (TPSA) is 32.8 Å². The van der Waals surface area contributed by atoms with E-state index < -0.39 is 0 Å². The summed E-state index contributed by atoms with van der Waals surface area (Å²) in [7, 11) is 0. The van der Waals surface area contributed by atoms with Crippen molar-refractivity contribution in [1.29, 1.82) is 0 Å². The molecule has 0 unspecified atom stereocenters. The van der Waals surface area contributed by atoms with Gasteiger partial charge in [0.2, 0.25) is 5.91 Å². The molecule has 1 aliphatic carbocycles. The van der Waals surface area contributed by atoms with Gasteiger partial charge in [0.05, 0.1) is 13.0 Å². The summed E-state index contributed by atoms with van der Waals surface area (Å²) in [4.78, 5) is 16.9. The van der Waals surface area contributed by atoms with Gasteiger partial charge in [-0.2, -0.15) is 0 Å². The van der Waals surface area contributed by atoms with Crippen molar-refractivity contribution in [3.63, 3.8) is 0 Å². The van der Waals surface area contributed by atoms with Crippen LogP contribution in [0.15, 0.2) is 30.3 Å². The number of para-hydroxylation sites is 1. The normalized spacial score (nSPS) is 20.4. The molecule has 1 amide bonds. The lowest BCUT2D eigenvalue weighted by molar-refractivity contribution is -0.133. The Morgan fingerprint density at radius 1 is 1.00 bits per heavy atom. The zero-order valence-electron chi connectivity index (χ0n) is 14.0. The van der Waals surface area contributed by atoms with Crippen molar-refractivity contribution in [2.45, 2.75) is 44.6 Å². The molecule has 2 aliphatic rings. The Bertz CT molecular complexity index is 477. The lowest BCUT2D eigenvalue weighted by Gasteiger charge is -2.40. The first-order valence-electron chi connectivity index (χ1n) is 9.02. The highest BCUT2D eigenvalue weighted by molar-refractivity contribution is 5.76. The average Bonchev–Trinajstić information content (AvgIpc) is 2.63. The van der Waals surface area contributed by atoms with E-state index in [1.807, 2.05) is 35.2 Å². The van der Waals surface area contributed by atoms with Crippen LogP contribution in [0, 0.1) is 0 Å². The minimum absolute atomic E-state index is 0.226. The first-order chi connectivity index (χ1) is 11.3. The van der Waals surface area contributed by atoms with E-state index in [1.165, 1.54) is 32.1 Å². The second kappa shape index (κ2) is 8.34. The fourth-order valence-corrected chi connectivity index (χ4v) is 3.71. The molecule has 23 heavy (non-hydrogen) atoms. The van der Waals surface area contributed by atoms with Crippen LogP contribution in [-0.4, -0.2) is 54.5 Å². The predicted molar refractivity (Wildman–Crippen MR) is 91.6 cm³/mol. The van der Waals surface area contributed by atoms with E-state index in [0.29, 0.717) is 13.0 Å². The van der Waals surface area contributed by atoms with E-state index in [2.05, 4.69) is 4.90 Å². The maximum Gasteiger partial charge on any atom is 0.226 e. The Labute approximate surface area is 139 Å². The summed E-state index contributed by atoms with van der Waals surface area (Å²) >= 11 is 0. The van der Waals surface area contributed by atoms with Gasteiger partial charge in [0.15, 0.2) is 0 Å². The monoisotopic (exact) mass is 316 g/mol. The van der Waals surface area contributed by atoms with E-state index in [0.717, 1.165) is 38.0 Å². The van der Waals surface area contributed by atoms with Crippen LogP contribution >= 0.6 is 0 Å². The van der Waals surface area contributed by atoms with Crippen LogP contribution in [0.5, 0.6) is 5.75 Å². The van der Waals surface area contributed by atoms with Gasteiger partial charge >= 0.3 is 0 Å². The van der Waals surface area contributed by atoms with Gasteiger partial charge in [-0.15, -0.1) is 0 Å². The molecule has 1 heterocycles. The Morgan fingerprint density at radius 2 is 1.70 bits per heavy atom. The molecule has 4 nitrogen and oxygen atoms in total. The van der Waals surface area contributed by atoms with Crippen LogP contribution in [0.3, 0.4) is 0 Å². The fraction of sp³-hybridized carbons (Fsp3) is 0.632. The number of carbonyl (C=O) groups is 1. The first-order valence-corrected chi connectivity index (χ1v) is 9.02. The summed E-state index contributed by atoms with van der Waals surface area (Å²) in [6.45, 7) is 4.29. The molecule has 3 rings (SSSR count). The highest BCUT2D eigenvalue weighted by Gasteiger charge is 2.26. The molecular weight excluding hydrogens is 288 g/mol. The predicted octanol–water partition coefficient (Wildman–Crippen LogP) is 2.93. The number of benzene rings is 1. The molecule has 1 aromatic rings. The third-order valence-corrected chi connectivity index (χ3v) is 5.09. The van der Waals surface area contributed by atoms with Crippen LogP contribution in [0.1, 0.15) is 38.5 Å². The van der Waals surface area contributed by atoms with Crippen molar-refractivity contribution in [2.24, 2.45) is 0 Å². The molecular formula is C19H28N2O2. The van der Waals surface area contributed by atoms with Gasteiger partial charge in [0.1, 0.15) is 5.75 Å². The molecule has 126 valence electrons. The second-order valence-corrected chi connectivity index (χ2v) is 6.62. The smallest absolute Gasteiger partial charge is 0.226 e. The molecule has 0 aromatic heterocycles. The molecule has 2 fully saturated rings. The second-order valence-electron chi connectivity index (χ2n) is 6.62. The summed E-state index contributed by atoms with van der Waals surface area (Å²) in [6.07, 6.45) is 7.31. The summed E-state index contributed by atoms with van der Waals surface area (Å²) in [5, 5.41) is 0. The van der Waals surface area contributed by atoms with E-state index >= 15 is 0 Å². The van der Waals surface area contributed by atoms with E-state index in [4.69, 9.17) is 4.74 Å². The largest absolute Gasteiger partial charge is 0.493 e. The lowest BCUT2D eigenvalue weighted by atomic mass is 9.94. The van der Waals surface area contributed by atoms with E-state index in [-0.39, 0.29) is 5.91 Å². The number of hydrogen-bond donors (Lipinski definition) is 0.